The van der Waals surface area contributed by atoms with E-state index in [1.807, 2.05) is 30.3 Å². The standard InChI is InChI=1S/C23H33N3O2S/c1-20(2)17-26(29(27,28)19-22-7-5-4-6-8-22)18-21-9-11-23(12-10-21)25-15-13-24(3)14-16-25/h4-12,20H,13-19H2,1-3H3. The van der Waals surface area contributed by atoms with Gasteiger partial charge in [-0.2, -0.15) is 4.31 Å². The molecule has 0 N–H and O–H groups in total. The van der Waals surface area contributed by atoms with Crippen molar-refractivity contribution >= 4 is 15.7 Å². The third kappa shape index (κ3) is 6.29. The minimum atomic E-state index is -3.39. The van der Waals surface area contributed by atoms with Crippen LogP contribution in [0.15, 0.2) is 54.6 Å². The van der Waals surface area contributed by atoms with E-state index in [-0.39, 0.29) is 11.7 Å². The minimum absolute atomic E-state index is 0.0416. The van der Waals surface area contributed by atoms with Gasteiger partial charge in [-0.25, -0.2) is 8.42 Å². The summed E-state index contributed by atoms with van der Waals surface area (Å²) in [7, 11) is -1.24. The van der Waals surface area contributed by atoms with E-state index in [0.29, 0.717) is 13.1 Å². The van der Waals surface area contributed by atoms with Gasteiger partial charge in [-0.15, -0.1) is 0 Å². The van der Waals surface area contributed by atoms with Crippen molar-refractivity contribution in [2.24, 2.45) is 5.92 Å². The molecule has 0 bridgehead atoms. The predicted octanol–water partition coefficient (Wildman–Crippen LogP) is 3.43. The Hall–Kier alpha value is -1.89. The summed E-state index contributed by atoms with van der Waals surface area (Å²) in [4.78, 5) is 4.73. The van der Waals surface area contributed by atoms with Gasteiger partial charge in [0.1, 0.15) is 0 Å². The highest BCUT2D eigenvalue weighted by Gasteiger charge is 2.24. The van der Waals surface area contributed by atoms with Crippen LogP contribution in [0.4, 0.5) is 5.69 Å². The number of nitrogens with zero attached hydrogens (tertiary/aromatic N) is 3. The zero-order valence-electron chi connectivity index (χ0n) is 17.8. The molecule has 0 saturated carbocycles. The molecule has 158 valence electrons. The van der Waals surface area contributed by atoms with E-state index in [9.17, 15) is 8.42 Å². The molecular formula is C23H33N3O2S. The van der Waals surface area contributed by atoms with E-state index in [1.165, 1.54) is 5.69 Å². The van der Waals surface area contributed by atoms with Crippen LogP contribution in [0.1, 0.15) is 25.0 Å². The summed E-state index contributed by atoms with van der Waals surface area (Å²) in [6.07, 6.45) is 0. The minimum Gasteiger partial charge on any atom is -0.369 e. The van der Waals surface area contributed by atoms with Crippen LogP contribution in [0, 0.1) is 5.92 Å². The van der Waals surface area contributed by atoms with Crippen molar-refractivity contribution in [1.29, 1.82) is 0 Å². The number of hydrogen-bond donors (Lipinski definition) is 0. The molecule has 1 heterocycles. The maximum absolute atomic E-state index is 13.1. The Morgan fingerprint density at radius 2 is 1.52 bits per heavy atom. The van der Waals surface area contributed by atoms with E-state index in [1.54, 1.807) is 4.31 Å². The van der Waals surface area contributed by atoms with E-state index < -0.39 is 10.0 Å². The quantitative estimate of drug-likeness (QED) is 0.663. The van der Waals surface area contributed by atoms with Crippen molar-refractivity contribution in [3.63, 3.8) is 0 Å². The van der Waals surface area contributed by atoms with Crippen LogP contribution in [0.25, 0.3) is 0 Å². The summed E-state index contributed by atoms with van der Waals surface area (Å²) >= 11 is 0. The molecule has 0 unspecified atom stereocenters. The molecule has 1 aliphatic heterocycles. The van der Waals surface area contributed by atoms with Crippen molar-refractivity contribution in [2.75, 3.05) is 44.7 Å². The third-order valence-electron chi connectivity index (χ3n) is 5.32. The number of rotatable bonds is 8. The second kappa shape index (κ2) is 9.74. The Morgan fingerprint density at radius 1 is 0.897 bits per heavy atom. The van der Waals surface area contributed by atoms with Gasteiger partial charge in [0, 0.05) is 45.0 Å². The molecule has 0 spiro atoms. The highest BCUT2D eigenvalue weighted by molar-refractivity contribution is 7.88. The van der Waals surface area contributed by atoms with Gasteiger partial charge in [-0.3, -0.25) is 0 Å². The summed E-state index contributed by atoms with van der Waals surface area (Å²) in [5.74, 6) is 0.310. The van der Waals surface area contributed by atoms with Gasteiger partial charge >= 0.3 is 0 Å². The van der Waals surface area contributed by atoms with Crippen LogP contribution >= 0.6 is 0 Å². The average Bonchev–Trinajstić information content (AvgIpc) is 2.69. The van der Waals surface area contributed by atoms with Gasteiger partial charge in [0.2, 0.25) is 10.0 Å². The second-order valence-corrected chi connectivity index (χ2v) is 10.4. The monoisotopic (exact) mass is 415 g/mol. The summed E-state index contributed by atoms with van der Waals surface area (Å²) in [6, 6.07) is 17.8. The number of piperazine rings is 1. The first-order chi connectivity index (χ1) is 13.8. The fraction of sp³-hybridized carbons (Fsp3) is 0.478. The molecule has 0 aromatic heterocycles. The zero-order valence-corrected chi connectivity index (χ0v) is 18.6. The zero-order chi connectivity index (χ0) is 20.9. The Kier molecular flexibility index (Phi) is 7.33. The summed E-state index contributed by atoms with van der Waals surface area (Å²) in [5, 5.41) is 0. The van der Waals surface area contributed by atoms with Crippen LogP contribution in [0.5, 0.6) is 0 Å². The lowest BCUT2D eigenvalue weighted by atomic mass is 10.1. The molecule has 0 radical (unpaired) electrons. The Labute approximate surface area is 176 Å². The molecule has 5 nitrogen and oxygen atoms in total. The van der Waals surface area contributed by atoms with Crippen molar-refractivity contribution in [1.82, 2.24) is 9.21 Å². The predicted molar refractivity (Wildman–Crippen MR) is 120 cm³/mol. The second-order valence-electron chi connectivity index (χ2n) is 8.38. The topological polar surface area (TPSA) is 43.9 Å². The SMILES string of the molecule is CC(C)CN(Cc1ccc(N2CCN(C)CC2)cc1)S(=O)(=O)Cc1ccccc1. The largest absolute Gasteiger partial charge is 0.369 e. The first kappa shape index (κ1) is 21.8. The molecule has 2 aromatic carbocycles. The highest BCUT2D eigenvalue weighted by atomic mass is 32.2. The molecule has 0 atom stereocenters. The smallest absolute Gasteiger partial charge is 0.218 e. The van der Waals surface area contributed by atoms with Gasteiger partial charge < -0.3 is 9.80 Å². The maximum Gasteiger partial charge on any atom is 0.218 e. The van der Waals surface area contributed by atoms with Crippen LogP contribution in [-0.2, 0) is 22.3 Å². The number of benzene rings is 2. The Bertz CT molecular complexity index is 859. The van der Waals surface area contributed by atoms with Gasteiger partial charge in [-0.1, -0.05) is 56.3 Å². The maximum atomic E-state index is 13.1. The first-order valence-electron chi connectivity index (χ1n) is 10.4. The highest BCUT2D eigenvalue weighted by Crippen LogP contribution is 2.20. The molecular weight excluding hydrogens is 382 g/mol. The van der Waals surface area contributed by atoms with Crippen molar-refractivity contribution in [3.05, 3.63) is 65.7 Å². The molecule has 1 aliphatic rings. The van der Waals surface area contributed by atoms with Gasteiger partial charge in [-0.05, 0) is 36.2 Å². The molecule has 0 amide bonds. The normalized spacial score (nSPS) is 16.0. The molecule has 0 aliphatic carbocycles. The summed E-state index contributed by atoms with van der Waals surface area (Å²) in [5.41, 5.74) is 3.07. The Morgan fingerprint density at radius 3 is 2.10 bits per heavy atom. The lowest BCUT2D eigenvalue weighted by molar-refractivity contribution is 0.313. The molecule has 1 saturated heterocycles. The number of anilines is 1. The molecule has 3 rings (SSSR count). The average molecular weight is 416 g/mol. The Balaban J connectivity index is 1.71. The lowest BCUT2D eigenvalue weighted by Gasteiger charge is -2.34. The van der Waals surface area contributed by atoms with E-state index in [2.05, 4.69) is 55.0 Å². The van der Waals surface area contributed by atoms with Crippen molar-refractivity contribution in [3.8, 4) is 0 Å². The summed E-state index contributed by atoms with van der Waals surface area (Å²) in [6.45, 7) is 9.25. The molecule has 1 fully saturated rings. The number of hydrogen-bond acceptors (Lipinski definition) is 4. The number of likely N-dealkylation sites (N-methyl/N-ethyl adjacent to an activating group) is 1. The van der Waals surface area contributed by atoms with Crippen molar-refractivity contribution in [2.45, 2.75) is 26.1 Å². The van der Waals surface area contributed by atoms with Crippen LogP contribution < -0.4 is 4.90 Å². The number of sulfonamides is 1. The van der Waals surface area contributed by atoms with Crippen LogP contribution in [0.3, 0.4) is 0 Å². The lowest BCUT2D eigenvalue weighted by Crippen LogP contribution is -2.44. The van der Waals surface area contributed by atoms with Crippen molar-refractivity contribution < 1.29 is 8.42 Å². The van der Waals surface area contributed by atoms with Crippen LogP contribution in [0.2, 0.25) is 0 Å². The van der Waals surface area contributed by atoms with Gasteiger partial charge in [0.15, 0.2) is 0 Å². The summed E-state index contributed by atoms with van der Waals surface area (Å²) < 4.78 is 27.8. The van der Waals surface area contributed by atoms with E-state index in [0.717, 1.165) is 37.3 Å². The van der Waals surface area contributed by atoms with Crippen LogP contribution in [-0.4, -0.2) is 57.4 Å². The van der Waals surface area contributed by atoms with Gasteiger partial charge in [0.05, 0.1) is 5.75 Å². The van der Waals surface area contributed by atoms with E-state index in [4.69, 9.17) is 0 Å². The van der Waals surface area contributed by atoms with E-state index >= 15 is 0 Å². The molecule has 6 heteroatoms. The fourth-order valence-electron chi connectivity index (χ4n) is 3.64. The fourth-order valence-corrected chi connectivity index (χ4v) is 5.31. The molecule has 2 aromatic rings. The third-order valence-corrected chi connectivity index (χ3v) is 7.08. The molecule has 29 heavy (non-hydrogen) atoms. The van der Waals surface area contributed by atoms with Gasteiger partial charge in [0.25, 0.3) is 0 Å². The first-order valence-corrected chi connectivity index (χ1v) is 12.0.